The Bertz CT molecular complexity index is 573. The van der Waals surface area contributed by atoms with Gasteiger partial charge in [0.1, 0.15) is 0 Å². The highest BCUT2D eigenvalue weighted by Crippen LogP contribution is 2.17. The molecule has 7 heteroatoms. The number of aryl methyl sites for hydroxylation is 1. The molecule has 6 nitrogen and oxygen atoms in total. The lowest BCUT2D eigenvalue weighted by molar-refractivity contribution is 0.0953. The van der Waals surface area contributed by atoms with Gasteiger partial charge >= 0.3 is 0 Å². The molecule has 19 heavy (non-hydrogen) atoms. The maximum absolute atomic E-state index is 11.2. The van der Waals surface area contributed by atoms with Crippen molar-refractivity contribution < 1.29 is 4.79 Å². The average molecular weight is 275 g/mol. The largest absolute Gasteiger partial charge is 0.290 e. The summed E-state index contributed by atoms with van der Waals surface area (Å²) >= 11 is 1.50. The standard InChI is InChI=1S/C12H13N5OS/c1-8-4-5-14-12(16-8)19-7-10-3-2-9(6-15-10)11(18)17-13/h2-6H,7,13H2,1H3,(H,17,18). The predicted octanol–water partition coefficient (Wildman–Crippen LogP) is 1.08. The molecule has 0 aliphatic carbocycles. The van der Waals surface area contributed by atoms with Crippen LogP contribution in [-0.2, 0) is 5.75 Å². The van der Waals surface area contributed by atoms with Gasteiger partial charge < -0.3 is 0 Å². The lowest BCUT2D eigenvalue weighted by atomic mass is 10.2. The highest BCUT2D eigenvalue weighted by molar-refractivity contribution is 7.98. The van der Waals surface area contributed by atoms with Gasteiger partial charge in [-0.1, -0.05) is 11.8 Å². The summed E-state index contributed by atoms with van der Waals surface area (Å²) in [4.78, 5) is 23.9. The minimum atomic E-state index is -0.353. The second-order valence-corrected chi connectivity index (χ2v) is 4.72. The normalized spacial score (nSPS) is 10.2. The molecule has 2 rings (SSSR count). The molecule has 3 N–H and O–H groups in total. The Balaban J connectivity index is 1.98. The van der Waals surface area contributed by atoms with E-state index >= 15 is 0 Å². The zero-order valence-electron chi connectivity index (χ0n) is 10.3. The van der Waals surface area contributed by atoms with Crippen LogP contribution >= 0.6 is 11.8 Å². The van der Waals surface area contributed by atoms with Gasteiger partial charge in [-0.15, -0.1) is 0 Å². The van der Waals surface area contributed by atoms with E-state index in [0.717, 1.165) is 11.4 Å². The van der Waals surface area contributed by atoms with E-state index in [0.29, 0.717) is 16.5 Å². The third-order valence-corrected chi connectivity index (χ3v) is 3.23. The third-order valence-electron chi connectivity index (χ3n) is 2.34. The minimum absolute atomic E-state index is 0.353. The SMILES string of the molecule is Cc1ccnc(SCc2ccc(C(=O)NN)cn2)n1. The first-order valence-corrected chi connectivity index (χ1v) is 6.56. The summed E-state index contributed by atoms with van der Waals surface area (Å²) in [6.07, 6.45) is 3.22. The number of carbonyl (C=O) groups is 1. The molecule has 2 heterocycles. The maximum Gasteiger partial charge on any atom is 0.266 e. The fourth-order valence-corrected chi connectivity index (χ4v) is 2.15. The van der Waals surface area contributed by atoms with E-state index in [-0.39, 0.29) is 5.91 Å². The Labute approximate surface area is 114 Å². The van der Waals surface area contributed by atoms with Crippen molar-refractivity contribution in [2.45, 2.75) is 17.8 Å². The second kappa shape index (κ2) is 6.26. The zero-order chi connectivity index (χ0) is 13.7. The van der Waals surface area contributed by atoms with Crippen molar-refractivity contribution in [1.82, 2.24) is 20.4 Å². The molecule has 2 aromatic heterocycles. The number of rotatable bonds is 4. The molecule has 0 aromatic carbocycles. The molecule has 0 radical (unpaired) electrons. The Hall–Kier alpha value is -1.99. The third kappa shape index (κ3) is 3.73. The molecule has 0 aliphatic rings. The van der Waals surface area contributed by atoms with Crippen LogP contribution in [0.4, 0.5) is 0 Å². The van der Waals surface area contributed by atoms with E-state index < -0.39 is 0 Å². The van der Waals surface area contributed by atoms with Crippen molar-refractivity contribution in [1.29, 1.82) is 0 Å². The molecule has 0 saturated carbocycles. The number of hydrogen-bond acceptors (Lipinski definition) is 6. The van der Waals surface area contributed by atoms with Crippen LogP contribution in [0.25, 0.3) is 0 Å². The van der Waals surface area contributed by atoms with E-state index in [9.17, 15) is 4.79 Å². The second-order valence-electron chi connectivity index (χ2n) is 3.78. The number of pyridine rings is 1. The number of nitrogens with two attached hydrogens (primary N) is 1. The van der Waals surface area contributed by atoms with Gasteiger partial charge in [0.15, 0.2) is 5.16 Å². The van der Waals surface area contributed by atoms with Gasteiger partial charge in [-0.3, -0.25) is 15.2 Å². The van der Waals surface area contributed by atoms with Crippen molar-refractivity contribution in [3.63, 3.8) is 0 Å². The summed E-state index contributed by atoms with van der Waals surface area (Å²) in [7, 11) is 0. The van der Waals surface area contributed by atoms with Gasteiger partial charge in [-0.2, -0.15) is 0 Å². The van der Waals surface area contributed by atoms with Gasteiger partial charge in [0.25, 0.3) is 5.91 Å². The van der Waals surface area contributed by atoms with Crippen molar-refractivity contribution in [3.05, 3.63) is 47.5 Å². The quantitative estimate of drug-likeness (QED) is 0.285. The van der Waals surface area contributed by atoms with E-state index in [4.69, 9.17) is 5.84 Å². The maximum atomic E-state index is 11.2. The van der Waals surface area contributed by atoms with Gasteiger partial charge in [-0.25, -0.2) is 15.8 Å². The fraction of sp³-hybridized carbons (Fsp3) is 0.167. The molecule has 98 valence electrons. The summed E-state index contributed by atoms with van der Waals surface area (Å²) in [5.74, 6) is 5.34. The highest BCUT2D eigenvalue weighted by Gasteiger charge is 2.05. The summed E-state index contributed by atoms with van der Waals surface area (Å²) in [6.45, 7) is 1.92. The first kappa shape index (κ1) is 13.4. The predicted molar refractivity (Wildman–Crippen MR) is 72.2 cm³/mol. The molecule has 0 aliphatic heterocycles. The number of hydrogen-bond donors (Lipinski definition) is 2. The monoisotopic (exact) mass is 275 g/mol. The van der Waals surface area contributed by atoms with Crippen LogP contribution in [0.5, 0.6) is 0 Å². The molecule has 0 unspecified atom stereocenters. The van der Waals surface area contributed by atoms with Crippen LogP contribution in [0.3, 0.4) is 0 Å². The van der Waals surface area contributed by atoms with Crippen LogP contribution in [0.15, 0.2) is 35.7 Å². The average Bonchev–Trinajstić information content (AvgIpc) is 2.45. The topological polar surface area (TPSA) is 93.8 Å². The molecule has 2 aromatic rings. The highest BCUT2D eigenvalue weighted by atomic mass is 32.2. The van der Waals surface area contributed by atoms with Crippen LogP contribution in [0, 0.1) is 6.92 Å². The van der Waals surface area contributed by atoms with Crippen LogP contribution in [0.1, 0.15) is 21.7 Å². The number of aromatic nitrogens is 3. The lowest BCUT2D eigenvalue weighted by Gasteiger charge is -2.02. The summed E-state index contributed by atoms with van der Waals surface area (Å²) in [5.41, 5.74) is 4.28. The van der Waals surface area contributed by atoms with E-state index in [2.05, 4.69) is 20.4 Å². The van der Waals surface area contributed by atoms with E-state index in [1.807, 2.05) is 13.0 Å². The number of amides is 1. The summed E-state index contributed by atoms with van der Waals surface area (Å²) in [6, 6.07) is 5.32. The number of carbonyl (C=O) groups excluding carboxylic acids is 1. The molecular formula is C12H13N5OS. The van der Waals surface area contributed by atoms with Gasteiger partial charge in [-0.05, 0) is 25.1 Å². The zero-order valence-corrected chi connectivity index (χ0v) is 11.1. The smallest absolute Gasteiger partial charge is 0.266 e. The fourth-order valence-electron chi connectivity index (χ4n) is 1.36. The Morgan fingerprint density at radius 2 is 2.21 bits per heavy atom. The Kier molecular flexibility index (Phi) is 4.43. The lowest BCUT2D eigenvalue weighted by Crippen LogP contribution is -2.30. The Morgan fingerprint density at radius 1 is 1.37 bits per heavy atom. The molecule has 1 amide bonds. The van der Waals surface area contributed by atoms with Crippen molar-refractivity contribution in [3.8, 4) is 0 Å². The molecule has 0 atom stereocenters. The first-order chi connectivity index (χ1) is 9.19. The van der Waals surface area contributed by atoms with Crippen LogP contribution < -0.4 is 11.3 Å². The molecule has 0 bridgehead atoms. The molecule has 0 spiro atoms. The van der Waals surface area contributed by atoms with Crippen molar-refractivity contribution in [2.24, 2.45) is 5.84 Å². The molecule has 0 fully saturated rings. The van der Waals surface area contributed by atoms with Gasteiger partial charge in [0, 0.05) is 23.8 Å². The van der Waals surface area contributed by atoms with Crippen molar-refractivity contribution in [2.75, 3.05) is 0 Å². The van der Waals surface area contributed by atoms with Crippen LogP contribution in [-0.4, -0.2) is 20.9 Å². The number of hydrazine groups is 1. The Morgan fingerprint density at radius 3 is 2.84 bits per heavy atom. The van der Waals surface area contributed by atoms with E-state index in [1.165, 1.54) is 18.0 Å². The first-order valence-electron chi connectivity index (χ1n) is 5.57. The van der Waals surface area contributed by atoms with Crippen molar-refractivity contribution >= 4 is 17.7 Å². The minimum Gasteiger partial charge on any atom is -0.290 e. The van der Waals surface area contributed by atoms with Gasteiger partial charge in [0.05, 0.1) is 11.3 Å². The summed E-state index contributed by atoms with van der Waals surface area (Å²) in [5, 5.41) is 0.713. The summed E-state index contributed by atoms with van der Waals surface area (Å²) < 4.78 is 0. The van der Waals surface area contributed by atoms with E-state index in [1.54, 1.807) is 18.3 Å². The number of thioether (sulfide) groups is 1. The molecular weight excluding hydrogens is 262 g/mol. The number of nitrogen functional groups attached to an aromatic ring is 1. The van der Waals surface area contributed by atoms with Gasteiger partial charge in [0.2, 0.25) is 0 Å². The number of nitrogens with zero attached hydrogens (tertiary/aromatic N) is 3. The molecule has 0 saturated heterocycles. The number of nitrogens with one attached hydrogen (secondary N) is 1. The van der Waals surface area contributed by atoms with Crippen LogP contribution in [0.2, 0.25) is 0 Å².